The second kappa shape index (κ2) is 27.5. The van der Waals surface area contributed by atoms with Crippen molar-refractivity contribution in [1.29, 1.82) is 0 Å². The molecular formula is C104H84N8Si. The SMILES string of the molecule is CC(C)(C)c1ccnc(-n2c3ccccc3c3ccc([Si](c4cccc(N5CN(c6c(-c7ccccc7)cccc6-c6ccccc6)c6ccccc65)c4)(c4cccc(N5CN(c6c(-c7ccccc7)cccc6-c6ccccc6)c6ccccc65)c4)c4ccc5c6ccccc6n(-c6cc(C(C)(C)C)ccn6)c5c4)cc32)c1. The Morgan fingerprint density at radius 3 is 0.929 bits per heavy atom. The topological polar surface area (TPSA) is 48.6 Å². The fourth-order valence-electron chi connectivity index (χ4n) is 18.1. The van der Waals surface area contributed by atoms with Crippen molar-refractivity contribution in [3.05, 3.63) is 388 Å². The zero-order valence-electron chi connectivity index (χ0n) is 64.3. The first kappa shape index (κ1) is 68.7. The lowest BCUT2D eigenvalue weighted by Crippen LogP contribution is -2.74. The maximum Gasteiger partial charge on any atom is 0.179 e. The molecule has 0 atom stereocenters. The van der Waals surface area contributed by atoms with Crippen molar-refractivity contribution < 1.29 is 0 Å². The van der Waals surface area contributed by atoms with Crippen LogP contribution in [-0.4, -0.2) is 40.5 Å². The van der Waals surface area contributed by atoms with Crippen molar-refractivity contribution in [2.45, 2.75) is 52.4 Å². The lowest BCUT2D eigenvalue weighted by molar-refractivity contribution is 0.588. The predicted molar refractivity (Wildman–Crippen MR) is 478 cm³/mol. The lowest BCUT2D eigenvalue weighted by Gasteiger charge is -2.36. The number of fused-ring (bicyclic) bond motifs is 8. The van der Waals surface area contributed by atoms with Gasteiger partial charge in [-0.3, -0.25) is 9.13 Å². The Morgan fingerprint density at radius 1 is 0.257 bits per heavy atom. The second-order valence-electron chi connectivity index (χ2n) is 32.2. The molecule has 0 bridgehead atoms. The molecule has 9 heteroatoms. The first-order chi connectivity index (χ1) is 55.3. The van der Waals surface area contributed by atoms with Crippen LogP contribution in [0.5, 0.6) is 0 Å². The number of benzene rings is 14. The van der Waals surface area contributed by atoms with Gasteiger partial charge in [0, 0.05) is 67.6 Å². The highest BCUT2D eigenvalue weighted by molar-refractivity contribution is 7.20. The standard InChI is InChI=1S/C104H84N8Si/c1-103(2,3)75-59-61-105-99(63-75)111-91-49-21-19-43-87(91)89-57-55-81(67-97(89)111)113(82-56-58-90-88-44-20-22-50-92(88)112(98(90)68-82)100-64-76(60-62-106-100)104(4,5)6,79-41-27-39-77(65-79)107-69-109(95-53-25-23-51-93(95)107)101-83(71-31-11-7-12-32-71)45-29-46-84(101)72-33-13-8-14-34-72)80-42-28-40-78(66-80)108-70-110(96-54-26-24-52-94(96)108)102-85(73-35-15-9-16-36-73)47-30-48-86(102)74-37-17-10-18-38-74/h7-68H,69-70H2,1-6H3. The van der Waals surface area contributed by atoms with E-state index in [4.69, 9.17) is 9.97 Å². The molecule has 0 spiro atoms. The van der Waals surface area contributed by atoms with Gasteiger partial charge in [0.2, 0.25) is 0 Å². The molecule has 0 radical (unpaired) electrons. The summed E-state index contributed by atoms with van der Waals surface area (Å²) in [6, 6.07) is 136. The van der Waals surface area contributed by atoms with Crippen LogP contribution in [0.1, 0.15) is 52.7 Å². The van der Waals surface area contributed by atoms with Crippen LogP contribution in [0.4, 0.5) is 45.5 Å². The van der Waals surface area contributed by atoms with Crippen LogP contribution in [0.15, 0.2) is 376 Å². The molecular weight excluding hydrogens is 1390 g/mol. The smallest absolute Gasteiger partial charge is 0.179 e. The van der Waals surface area contributed by atoms with E-state index < -0.39 is 8.07 Å². The first-order valence-electron chi connectivity index (χ1n) is 39.3. The fraction of sp³-hybridized carbons (Fsp3) is 0.0962. The molecule has 0 fully saturated rings. The van der Waals surface area contributed by atoms with Crippen LogP contribution < -0.4 is 40.3 Å². The Balaban J connectivity index is 0.868. The van der Waals surface area contributed by atoms with Gasteiger partial charge in [-0.15, -0.1) is 0 Å². The van der Waals surface area contributed by atoms with Crippen LogP contribution in [0.2, 0.25) is 0 Å². The molecule has 20 rings (SSSR count). The Kier molecular flexibility index (Phi) is 16.7. The van der Waals surface area contributed by atoms with Gasteiger partial charge in [-0.25, -0.2) is 9.97 Å². The normalized spacial score (nSPS) is 13.1. The van der Waals surface area contributed by atoms with E-state index >= 15 is 0 Å². The molecule has 544 valence electrons. The molecule has 6 heterocycles. The Hall–Kier alpha value is -13.6. The minimum Gasteiger partial charge on any atom is -0.321 e. The number of nitrogens with zero attached hydrogens (tertiary/aromatic N) is 8. The molecule has 2 aliphatic heterocycles. The highest BCUT2D eigenvalue weighted by atomic mass is 28.3. The Labute approximate surface area is 661 Å². The predicted octanol–water partition coefficient (Wildman–Crippen LogP) is 23.8. The third-order valence-electron chi connectivity index (χ3n) is 23.5. The highest BCUT2D eigenvalue weighted by Gasteiger charge is 2.45. The quantitative estimate of drug-likeness (QED) is 0.0799. The Morgan fingerprint density at radius 2 is 0.566 bits per heavy atom. The van der Waals surface area contributed by atoms with E-state index in [0.717, 1.165) is 112 Å². The van der Waals surface area contributed by atoms with Crippen molar-refractivity contribution in [2.75, 3.05) is 32.9 Å². The third kappa shape index (κ3) is 11.6. The van der Waals surface area contributed by atoms with Crippen LogP contribution in [0, 0.1) is 0 Å². The summed E-state index contributed by atoms with van der Waals surface area (Å²) in [6.45, 7) is 14.9. The van der Waals surface area contributed by atoms with Gasteiger partial charge in [0.1, 0.15) is 25.0 Å². The van der Waals surface area contributed by atoms with E-state index in [1.165, 1.54) is 64.9 Å². The minimum absolute atomic E-state index is 0.130. The molecule has 8 nitrogen and oxygen atoms in total. The van der Waals surface area contributed by atoms with E-state index in [9.17, 15) is 0 Å². The molecule has 0 saturated carbocycles. The largest absolute Gasteiger partial charge is 0.321 e. The number of rotatable bonds is 14. The second-order valence-corrected chi connectivity index (χ2v) is 36.0. The summed E-state index contributed by atoms with van der Waals surface area (Å²) in [4.78, 5) is 20.9. The fourth-order valence-corrected chi connectivity index (χ4v) is 22.8. The maximum absolute atomic E-state index is 5.32. The van der Waals surface area contributed by atoms with Crippen molar-refractivity contribution in [3.8, 4) is 56.1 Å². The number of hydrogen-bond acceptors (Lipinski definition) is 6. The lowest BCUT2D eigenvalue weighted by atomic mass is 9.88. The monoisotopic (exact) mass is 1470 g/mol. The molecule has 0 unspecified atom stereocenters. The van der Waals surface area contributed by atoms with Crippen molar-refractivity contribution in [1.82, 2.24) is 19.1 Å². The van der Waals surface area contributed by atoms with E-state index in [-0.39, 0.29) is 10.8 Å². The number of pyridine rings is 2. The summed E-state index contributed by atoms with van der Waals surface area (Å²) in [5.41, 5.74) is 25.0. The summed E-state index contributed by atoms with van der Waals surface area (Å²) < 4.78 is 4.87. The maximum atomic E-state index is 5.32. The summed E-state index contributed by atoms with van der Waals surface area (Å²) >= 11 is 0. The number of aromatic nitrogens is 4. The first-order valence-corrected chi connectivity index (χ1v) is 41.3. The van der Waals surface area contributed by atoms with Gasteiger partial charge in [0.25, 0.3) is 0 Å². The van der Waals surface area contributed by atoms with Gasteiger partial charge in [0.05, 0.1) is 56.2 Å². The number of para-hydroxylation sites is 8. The van der Waals surface area contributed by atoms with Crippen LogP contribution in [-0.2, 0) is 10.8 Å². The molecule has 18 aromatic rings. The molecule has 2 aliphatic rings. The molecule has 0 N–H and O–H groups in total. The van der Waals surface area contributed by atoms with E-state index in [0.29, 0.717) is 13.3 Å². The van der Waals surface area contributed by atoms with Gasteiger partial charge < -0.3 is 19.6 Å². The number of anilines is 8. The summed E-state index contributed by atoms with van der Waals surface area (Å²) in [5.74, 6) is 1.77. The summed E-state index contributed by atoms with van der Waals surface area (Å²) in [7, 11) is -3.83. The molecule has 0 aliphatic carbocycles. The molecule has 0 amide bonds. The van der Waals surface area contributed by atoms with Crippen LogP contribution in [0.3, 0.4) is 0 Å². The third-order valence-corrected chi connectivity index (χ3v) is 28.2. The zero-order chi connectivity index (χ0) is 76.1. The highest BCUT2D eigenvalue weighted by Crippen LogP contribution is 2.53. The van der Waals surface area contributed by atoms with Gasteiger partial charge in [-0.1, -0.05) is 308 Å². The van der Waals surface area contributed by atoms with Gasteiger partial charge in [0.15, 0.2) is 8.07 Å². The van der Waals surface area contributed by atoms with Crippen LogP contribution >= 0.6 is 0 Å². The van der Waals surface area contributed by atoms with Crippen molar-refractivity contribution >= 4 is 118 Å². The van der Waals surface area contributed by atoms with Gasteiger partial charge in [-0.2, -0.15) is 0 Å². The summed E-state index contributed by atoms with van der Waals surface area (Å²) in [5, 5.41) is 9.59. The zero-order valence-corrected chi connectivity index (χ0v) is 65.3. The minimum atomic E-state index is -3.83. The van der Waals surface area contributed by atoms with Crippen molar-refractivity contribution in [2.24, 2.45) is 0 Å². The summed E-state index contributed by atoms with van der Waals surface area (Å²) in [6.07, 6.45) is 4.00. The van der Waals surface area contributed by atoms with E-state index in [2.05, 4.69) is 434 Å². The van der Waals surface area contributed by atoms with E-state index in [1.807, 2.05) is 12.4 Å². The van der Waals surface area contributed by atoms with Gasteiger partial charge in [-0.05, 0) is 162 Å². The molecule has 113 heavy (non-hydrogen) atoms. The van der Waals surface area contributed by atoms with E-state index in [1.54, 1.807) is 0 Å². The molecule has 4 aromatic heterocycles. The average Bonchev–Trinajstić information content (AvgIpc) is 1.68. The molecule has 0 saturated heterocycles. The average molecular weight is 1470 g/mol. The molecule has 14 aromatic carbocycles. The Bertz CT molecular complexity index is 6170. The van der Waals surface area contributed by atoms with Crippen LogP contribution in [0.25, 0.3) is 99.8 Å². The van der Waals surface area contributed by atoms with Gasteiger partial charge >= 0.3 is 0 Å². The number of hydrogen-bond donors (Lipinski definition) is 0. The van der Waals surface area contributed by atoms with Crippen molar-refractivity contribution in [3.63, 3.8) is 0 Å².